The lowest BCUT2D eigenvalue weighted by Gasteiger charge is -2.26. The summed E-state index contributed by atoms with van der Waals surface area (Å²) in [6.07, 6.45) is 1.27. The molecule has 3 aromatic rings. The minimum absolute atomic E-state index is 0.0306. The van der Waals surface area contributed by atoms with Crippen LogP contribution in [0.5, 0.6) is 0 Å². The van der Waals surface area contributed by atoms with Crippen molar-refractivity contribution >= 4 is 16.7 Å². The third-order valence-electron chi connectivity index (χ3n) is 4.81. The van der Waals surface area contributed by atoms with Crippen LogP contribution in [0.25, 0.3) is 10.8 Å². The SMILES string of the molecule is O=C(Cc1cccc2ccccc12)NCC1OCCc2ccccc21. The molecule has 0 saturated heterocycles. The molecule has 0 bridgehead atoms. The van der Waals surface area contributed by atoms with Crippen molar-refractivity contribution in [2.75, 3.05) is 13.2 Å². The summed E-state index contributed by atoms with van der Waals surface area (Å²) in [7, 11) is 0. The van der Waals surface area contributed by atoms with Crippen LogP contribution in [0.4, 0.5) is 0 Å². The molecule has 0 aliphatic carbocycles. The first kappa shape index (κ1) is 15.9. The Labute approximate surface area is 147 Å². The van der Waals surface area contributed by atoms with Crippen LogP contribution in [0.1, 0.15) is 22.8 Å². The maximum absolute atomic E-state index is 12.4. The van der Waals surface area contributed by atoms with E-state index in [4.69, 9.17) is 4.74 Å². The van der Waals surface area contributed by atoms with Gasteiger partial charge in [0, 0.05) is 6.54 Å². The summed E-state index contributed by atoms with van der Waals surface area (Å²) in [5, 5.41) is 5.35. The molecule has 0 radical (unpaired) electrons. The zero-order valence-corrected chi connectivity index (χ0v) is 14.1. The van der Waals surface area contributed by atoms with Crippen molar-refractivity contribution in [3.8, 4) is 0 Å². The minimum Gasteiger partial charge on any atom is -0.371 e. The molecule has 0 saturated carbocycles. The van der Waals surface area contributed by atoms with Crippen molar-refractivity contribution in [1.29, 1.82) is 0 Å². The molecule has 3 nitrogen and oxygen atoms in total. The van der Waals surface area contributed by atoms with Crippen LogP contribution < -0.4 is 5.32 Å². The first-order valence-corrected chi connectivity index (χ1v) is 8.74. The molecule has 1 aliphatic rings. The van der Waals surface area contributed by atoms with E-state index in [-0.39, 0.29) is 12.0 Å². The van der Waals surface area contributed by atoms with Gasteiger partial charge in [-0.1, -0.05) is 66.7 Å². The number of fused-ring (bicyclic) bond motifs is 2. The number of hydrogen-bond acceptors (Lipinski definition) is 2. The van der Waals surface area contributed by atoms with Crippen molar-refractivity contribution in [3.05, 3.63) is 83.4 Å². The smallest absolute Gasteiger partial charge is 0.224 e. The fourth-order valence-electron chi connectivity index (χ4n) is 3.53. The van der Waals surface area contributed by atoms with Gasteiger partial charge in [-0.3, -0.25) is 4.79 Å². The Bertz CT molecular complexity index is 898. The topological polar surface area (TPSA) is 38.3 Å². The highest BCUT2D eigenvalue weighted by atomic mass is 16.5. The maximum atomic E-state index is 12.4. The van der Waals surface area contributed by atoms with Gasteiger partial charge in [0.1, 0.15) is 6.10 Å². The summed E-state index contributed by atoms with van der Waals surface area (Å²) in [5.41, 5.74) is 3.57. The molecule has 1 aliphatic heterocycles. The Hall–Kier alpha value is -2.65. The summed E-state index contributed by atoms with van der Waals surface area (Å²) in [6.45, 7) is 1.22. The molecule has 126 valence electrons. The van der Waals surface area contributed by atoms with Gasteiger partial charge in [0.15, 0.2) is 0 Å². The number of carbonyl (C=O) groups is 1. The molecule has 0 aromatic heterocycles. The molecule has 1 amide bonds. The average molecular weight is 331 g/mol. The van der Waals surface area contributed by atoms with Crippen molar-refractivity contribution in [2.24, 2.45) is 0 Å². The summed E-state index contributed by atoms with van der Waals surface area (Å²) in [5.74, 6) is 0.0306. The number of rotatable bonds is 4. The van der Waals surface area contributed by atoms with E-state index in [0.29, 0.717) is 19.6 Å². The van der Waals surface area contributed by atoms with Gasteiger partial charge in [-0.25, -0.2) is 0 Å². The number of benzene rings is 3. The lowest BCUT2D eigenvalue weighted by atomic mass is 9.97. The Kier molecular flexibility index (Phi) is 4.49. The Morgan fingerprint density at radius 1 is 1.00 bits per heavy atom. The fourth-order valence-corrected chi connectivity index (χ4v) is 3.53. The van der Waals surface area contributed by atoms with Crippen LogP contribution in [0.3, 0.4) is 0 Å². The maximum Gasteiger partial charge on any atom is 0.224 e. The highest BCUT2D eigenvalue weighted by Crippen LogP contribution is 2.26. The molecule has 0 fully saturated rings. The highest BCUT2D eigenvalue weighted by Gasteiger charge is 2.20. The average Bonchev–Trinajstić information content (AvgIpc) is 2.66. The van der Waals surface area contributed by atoms with E-state index in [1.54, 1.807) is 0 Å². The standard InChI is InChI=1S/C22H21NO2/c24-22(14-18-9-5-8-16-6-1-3-10-19(16)18)23-15-21-20-11-4-2-7-17(20)12-13-25-21/h1-11,21H,12-15H2,(H,23,24). The van der Waals surface area contributed by atoms with E-state index in [2.05, 4.69) is 41.7 Å². The van der Waals surface area contributed by atoms with E-state index in [1.165, 1.54) is 11.1 Å². The highest BCUT2D eigenvalue weighted by molar-refractivity contribution is 5.90. The van der Waals surface area contributed by atoms with E-state index in [9.17, 15) is 4.79 Å². The van der Waals surface area contributed by atoms with Gasteiger partial charge in [0.2, 0.25) is 5.91 Å². The zero-order chi connectivity index (χ0) is 17.1. The predicted molar refractivity (Wildman–Crippen MR) is 99.5 cm³/mol. The largest absolute Gasteiger partial charge is 0.371 e. The van der Waals surface area contributed by atoms with E-state index in [1.807, 2.05) is 30.3 Å². The van der Waals surface area contributed by atoms with Crippen molar-refractivity contribution < 1.29 is 9.53 Å². The van der Waals surface area contributed by atoms with Gasteiger partial charge in [0.25, 0.3) is 0 Å². The number of nitrogens with one attached hydrogen (secondary N) is 1. The Morgan fingerprint density at radius 2 is 1.80 bits per heavy atom. The van der Waals surface area contributed by atoms with E-state index >= 15 is 0 Å². The molecule has 3 aromatic carbocycles. The Balaban J connectivity index is 1.43. The van der Waals surface area contributed by atoms with Gasteiger partial charge in [-0.2, -0.15) is 0 Å². The first-order chi connectivity index (χ1) is 12.3. The third kappa shape index (κ3) is 3.42. The van der Waals surface area contributed by atoms with Crippen molar-refractivity contribution in [3.63, 3.8) is 0 Å². The Morgan fingerprint density at radius 3 is 2.76 bits per heavy atom. The normalized spacial score (nSPS) is 16.4. The van der Waals surface area contributed by atoms with Crippen molar-refractivity contribution in [2.45, 2.75) is 18.9 Å². The summed E-state index contributed by atoms with van der Waals surface area (Å²) < 4.78 is 5.86. The zero-order valence-electron chi connectivity index (χ0n) is 14.1. The number of carbonyl (C=O) groups excluding carboxylic acids is 1. The second-order valence-corrected chi connectivity index (χ2v) is 6.43. The lowest BCUT2D eigenvalue weighted by molar-refractivity contribution is -0.121. The van der Waals surface area contributed by atoms with Crippen LogP contribution >= 0.6 is 0 Å². The van der Waals surface area contributed by atoms with Crippen LogP contribution in [0.2, 0.25) is 0 Å². The van der Waals surface area contributed by atoms with Crippen LogP contribution in [0, 0.1) is 0 Å². The van der Waals surface area contributed by atoms with Gasteiger partial charge in [-0.05, 0) is 33.9 Å². The third-order valence-corrected chi connectivity index (χ3v) is 4.81. The monoisotopic (exact) mass is 331 g/mol. The summed E-state index contributed by atoms with van der Waals surface area (Å²) >= 11 is 0. The number of ether oxygens (including phenoxy) is 1. The lowest BCUT2D eigenvalue weighted by Crippen LogP contribution is -2.32. The molecule has 1 atom stereocenters. The molecule has 4 rings (SSSR count). The summed E-state index contributed by atoms with van der Waals surface area (Å²) in [6, 6.07) is 22.6. The molecular formula is C22H21NO2. The second kappa shape index (κ2) is 7.08. The van der Waals surface area contributed by atoms with Gasteiger partial charge in [0.05, 0.1) is 13.0 Å². The molecule has 0 spiro atoms. The van der Waals surface area contributed by atoms with Gasteiger partial charge >= 0.3 is 0 Å². The van der Waals surface area contributed by atoms with E-state index in [0.717, 1.165) is 22.8 Å². The molecule has 3 heteroatoms. The van der Waals surface area contributed by atoms with Gasteiger partial charge < -0.3 is 10.1 Å². The van der Waals surface area contributed by atoms with E-state index < -0.39 is 0 Å². The second-order valence-electron chi connectivity index (χ2n) is 6.43. The predicted octanol–water partition coefficient (Wildman–Crippen LogP) is 3.81. The van der Waals surface area contributed by atoms with Crippen LogP contribution in [-0.2, 0) is 22.4 Å². The molecule has 1 heterocycles. The first-order valence-electron chi connectivity index (χ1n) is 8.74. The van der Waals surface area contributed by atoms with Crippen LogP contribution in [0.15, 0.2) is 66.7 Å². The minimum atomic E-state index is -0.0542. The van der Waals surface area contributed by atoms with Gasteiger partial charge in [-0.15, -0.1) is 0 Å². The quantitative estimate of drug-likeness (QED) is 0.789. The number of amides is 1. The number of hydrogen-bond donors (Lipinski definition) is 1. The molecule has 1 N–H and O–H groups in total. The van der Waals surface area contributed by atoms with Crippen LogP contribution in [-0.4, -0.2) is 19.1 Å². The molecular weight excluding hydrogens is 310 g/mol. The fraction of sp³-hybridized carbons (Fsp3) is 0.227. The molecule has 1 unspecified atom stereocenters. The summed E-state index contributed by atoms with van der Waals surface area (Å²) in [4.78, 5) is 12.4. The van der Waals surface area contributed by atoms with Crippen molar-refractivity contribution in [1.82, 2.24) is 5.32 Å². The molecule has 25 heavy (non-hydrogen) atoms.